The summed E-state index contributed by atoms with van der Waals surface area (Å²) in [6.45, 7) is 9.33. The van der Waals surface area contributed by atoms with Crippen molar-refractivity contribution in [3.8, 4) is 0 Å². The number of hydrogen-bond acceptors (Lipinski definition) is 4. The fourth-order valence-electron chi connectivity index (χ4n) is 2.36. The molecule has 0 aliphatic heterocycles. The first-order valence-electron chi connectivity index (χ1n) is 7.06. The fourth-order valence-corrected chi connectivity index (χ4v) is 2.36. The number of aryl methyl sites for hydroxylation is 1. The van der Waals surface area contributed by atoms with E-state index in [1.807, 2.05) is 19.1 Å². The molecule has 0 aromatic heterocycles. The SMILES string of the molecule is C=CCC(C(=O)OCC)(C(=O)OCC)c1ccccc1C. The molecule has 0 aliphatic carbocycles. The van der Waals surface area contributed by atoms with Crippen LogP contribution >= 0.6 is 0 Å². The number of carbonyl (C=O) groups is 2. The van der Waals surface area contributed by atoms with Crippen molar-refractivity contribution in [1.29, 1.82) is 0 Å². The van der Waals surface area contributed by atoms with Crippen LogP contribution in [0.3, 0.4) is 0 Å². The molecule has 1 aromatic carbocycles. The van der Waals surface area contributed by atoms with Crippen molar-refractivity contribution in [3.05, 3.63) is 48.0 Å². The molecule has 21 heavy (non-hydrogen) atoms. The van der Waals surface area contributed by atoms with Crippen molar-refractivity contribution in [2.75, 3.05) is 13.2 Å². The molecule has 0 saturated heterocycles. The van der Waals surface area contributed by atoms with Crippen molar-refractivity contribution < 1.29 is 19.1 Å². The third kappa shape index (κ3) is 3.32. The summed E-state index contributed by atoms with van der Waals surface area (Å²) in [7, 11) is 0. The van der Waals surface area contributed by atoms with Crippen molar-refractivity contribution in [2.45, 2.75) is 32.6 Å². The zero-order valence-corrected chi connectivity index (χ0v) is 12.8. The molecule has 1 aromatic rings. The lowest BCUT2D eigenvalue weighted by Crippen LogP contribution is -2.46. The molecule has 0 atom stereocenters. The minimum atomic E-state index is -1.49. The average Bonchev–Trinajstić information content (AvgIpc) is 2.46. The maximum atomic E-state index is 12.6. The van der Waals surface area contributed by atoms with Gasteiger partial charge in [0.2, 0.25) is 0 Å². The molecular formula is C17H22O4. The highest BCUT2D eigenvalue weighted by molar-refractivity contribution is 6.07. The number of benzene rings is 1. The number of carbonyl (C=O) groups excluding carboxylic acids is 2. The van der Waals surface area contributed by atoms with Gasteiger partial charge in [0.1, 0.15) is 0 Å². The van der Waals surface area contributed by atoms with E-state index in [2.05, 4.69) is 6.58 Å². The van der Waals surface area contributed by atoms with Crippen molar-refractivity contribution in [2.24, 2.45) is 0 Å². The predicted octanol–water partition coefficient (Wildman–Crippen LogP) is 2.94. The maximum Gasteiger partial charge on any atom is 0.328 e. The van der Waals surface area contributed by atoms with E-state index in [1.165, 1.54) is 0 Å². The van der Waals surface area contributed by atoms with Gasteiger partial charge in [0.15, 0.2) is 5.41 Å². The highest BCUT2D eigenvalue weighted by atomic mass is 16.6. The maximum absolute atomic E-state index is 12.6. The van der Waals surface area contributed by atoms with Gasteiger partial charge in [-0.05, 0) is 38.3 Å². The Morgan fingerprint density at radius 3 is 2.10 bits per heavy atom. The first kappa shape index (κ1) is 17.0. The van der Waals surface area contributed by atoms with E-state index >= 15 is 0 Å². The third-order valence-electron chi connectivity index (χ3n) is 3.30. The molecule has 114 valence electrons. The lowest BCUT2D eigenvalue weighted by Gasteiger charge is -2.29. The van der Waals surface area contributed by atoms with Gasteiger partial charge in [0.25, 0.3) is 0 Å². The molecule has 0 amide bonds. The first-order chi connectivity index (χ1) is 10.0. The van der Waals surface area contributed by atoms with E-state index < -0.39 is 17.4 Å². The van der Waals surface area contributed by atoms with E-state index in [-0.39, 0.29) is 19.6 Å². The van der Waals surface area contributed by atoms with E-state index in [0.717, 1.165) is 5.56 Å². The van der Waals surface area contributed by atoms with Crippen molar-refractivity contribution >= 4 is 11.9 Å². The average molecular weight is 290 g/mol. The lowest BCUT2D eigenvalue weighted by molar-refractivity contribution is -0.164. The smallest absolute Gasteiger partial charge is 0.328 e. The molecule has 0 aliphatic rings. The number of hydrogen-bond donors (Lipinski definition) is 0. The number of rotatable bonds is 7. The monoisotopic (exact) mass is 290 g/mol. The number of ether oxygens (including phenoxy) is 2. The topological polar surface area (TPSA) is 52.6 Å². The minimum absolute atomic E-state index is 0.134. The van der Waals surface area contributed by atoms with Crippen LogP contribution in [0, 0.1) is 6.92 Å². The molecule has 0 heterocycles. The Morgan fingerprint density at radius 2 is 1.67 bits per heavy atom. The Balaban J connectivity index is 3.50. The summed E-state index contributed by atoms with van der Waals surface area (Å²) in [6, 6.07) is 7.25. The molecule has 0 fully saturated rings. The van der Waals surface area contributed by atoms with Gasteiger partial charge in [-0.15, -0.1) is 6.58 Å². The normalized spacial score (nSPS) is 10.8. The van der Waals surface area contributed by atoms with Gasteiger partial charge >= 0.3 is 11.9 Å². The predicted molar refractivity (Wildman–Crippen MR) is 80.9 cm³/mol. The van der Waals surface area contributed by atoms with Gasteiger partial charge in [-0.25, -0.2) is 0 Å². The van der Waals surface area contributed by atoms with Gasteiger partial charge in [-0.2, -0.15) is 0 Å². The fraction of sp³-hybridized carbons (Fsp3) is 0.412. The third-order valence-corrected chi connectivity index (χ3v) is 3.30. The van der Waals surface area contributed by atoms with Crippen molar-refractivity contribution in [1.82, 2.24) is 0 Å². The van der Waals surface area contributed by atoms with Crippen LogP contribution in [0.4, 0.5) is 0 Å². The Hall–Kier alpha value is -2.10. The van der Waals surface area contributed by atoms with Gasteiger partial charge in [-0.3, -0.25) is 9.59 Å². The molecule has 1 rings (SSSR count). The summed E-state index contributed by atoms with van der Waals surface area (Å²) < 4.78 is 10.3. The van der Waals surface area contributed by atoms with E-state index in [1.54, 1.807) is 32.1 Å². The largest absolute Gasteiger partial charge is 0.465 e. The second-order valence-corrected chi connectivity index (χ2v) is 4.65. The molecule has 0 unspecified atom stereocenters. The van der Waals surface area contributed by atoms with Gasteiger partial charge < -0.3 is 9.47 Å². The summed E-state index contributed by atoms with van der Waals surface area (Å²) in [5, 5.41) is 0. The van der Waals surface area contributed by atoms with E-state index in [4.69, 9.17) is 9.47 Å². The molecule has 0 N–H and O–H groups in total. The molecule has 0 radical (unpaired) electrons. The number of allylic oxidation sites excluding steroid dienone is 1. The summed E-state index contributed by atoms with van der Waals surface area (Å²) in [6.07, 6.45) is 1.68. The van der Waals surface area contributed by atoms with Crippen LogP contribution in [-0.2, 0) is 24.5 Å². The Kier molecular flexibility index (Phi) is 6.15. The standard InChI is InChI=1S/C17H22O4/c1-5-12-17(15(18)20-6-2,16(19)21-7-3)14-11-9-8-10-13(14)4/h5,8-11H,1,6-7,12H2,2-4H3. The Labute approximate surface area is 125 Å². The summed E-state index contributed by atoms with van der Waals surface area (Å²) in [5.74, 6) is -1.20. The quantitative estimate of drug-likeness (QED) is 0.440. The van der Waals surface area contributed by atoms with Crippen LogP contribution in [0.2, 0.25) is 0 Å². The van der Waals surface area contributed by atoms with Gasteiger partial charge in [-0.1, -0.05) is 30.3 Å². The second-order valence-electron chi connectivity index (χ2n) is 4.65. The molecule has 4 heteroatoms. The minimum Gasteiger partial charge on any atom is -0.465 e. The van der Waals surface area contributed by atoms with Crippen LogP contribution in [0.5, 0.6) is 0 Å². The molecule has 4 nitrogen and oxygen atoms in total. The van der Waals surface area contributed by atoms with Gasteiger partial charge in [0, 0.05) is 0 Å². The van der Waals surface area contributed by atoms with Crippen LogP contribution in [0.25, 0.3) is 0 Å². The molecule has 0 saturated carbocycles. The van der Waals surface area contributed by atoms with Gasteiger partial charge in [0.05, 0.1) is 13.2 Å². The van der Waals surface area contributed by atoms with Crippen LogP contribution in [-0.4, -0.2) is 25.2 Å². The highest BCUT2D eigenvalue weighted by Crippen LogP contribution is 2.34. The molecule has 0 spiro atoms. The Morgan fingerprint density at radius 1 is 1.14 bits per heavy atom. The number of esters is 2. The second kappa shape index (κ2) is 7.62. The lowest BCUT2D eigenvalue weighted by atomic mass is 9.75. The zero-order chi connectivity index (χ0) is 15.9. The summed E-state index contributed by atoms with van der Waals surface area (Å²) >= 11 is 0. The Bertz CT molecular complexity index is 501. The van der Waals surface area contributed by atoms with Crippen LogP contribution < -0.4 is 0 Å². The van der Waals surface area contributed by atoms with Crippen molar-refractivity contribution in [3.63, 3.8) is 0 Å². The van der Waals surface area contributed by atoms with Crippen LogP contribution in [0.1, 0.15) is 31.4 Å². The zero-order valence-electron chi connectivity index (χ0n) is 12.8. The van der Waals surface area contributed by atoms with Crippen LogP contribution in [0.15, 0.2) is 36.9 Å². The van der Waals surface area contributed by atoms with E-state index in [9.17, 15) is 9.59 Å². The van der Waals surface area contributed by atoms with E-state index in [0.29, 0.717) is 5.56 Å². The summed E-state index contributed by atoms with van der Waals surface area (Å²) in [4.78, 5) is 25.1. The molecule has 0 bridgehead atoms. The molecular weight excluding hydrogens is 268 g/mol. The summed E-state index contributed by atoms with van der Waals surface area (Å²) in [5.41, 5.74) is -0.0543. The first-order valence-corrected chi connectivity index (χ1v) is 7.06. The highest BCUT2D eigenvalue weighted by Gasteiger charge is 2.50.